The molecule has 0 aliphatic rings. The van der Waals surface area contributed by atoms with Gasteiger partial charge in [0.25, 0.3) is 0 Å². The van der Waals surface area contributed by atoms with Crippen molar-refractivity contribution in [1.29, 1.82) is 0 Å². The zero-order valence-electron chi connectivity index (χ0n) is 12.0. The first-order valence-electron chi connectivity index (χ1n) is 6.38. The van der Waals surface area contributed by atoms with Gasteiger partial charge in [-0.3, -0.25) is 4.79 Å². The normalized spacial score (nSPS) is 11.2. The van der Waals surface area contributed by atoms with Crippen molar-refractivity contribution in [2.45, 2.75) is 26.4 Å². The van der Waals surface area contributed by atoms with E-state index in [2.05, 4.69) is 15.9 Å². The number of carbonyl (C=O) groups is 2. The van der Waals surface area contributed by atoms with E-state index in [9.17, 15) is 9.59 Å². The van der Waals surface area contributed by atoms with Crippen molar-refractivity contribution in [2.24, 2.45) is 0 Å². The molecule has 0 N–H and O–H groups in total. The number of furan rings is 1. The van der Waals surface area contributed by atoms with Crippen LogP contribution in [0.1, 0.15) is 41.7 Å². The molecule has 0 spiro atoms. The van der Waals surface area contributed by atoms with Crippen LogP contribution in [0.15, 0.2) is 39.2 Å². The number of carbonyl (C=O) groups excluding carboxylic acids is 2. The lowest BCUT2D eigenvalue weighted by atomic mass is 10.1. The van der Waals surface area contributed by atoms with E-state index in [1.807, 2.05) is 0 Å². The van der Waals surface area contributed by atoms with Crippen LogP contribution in [-0.4, -0.2) is 17.9 Å². The Kier molecular flexibility index (Phi) is 4.32. The molecule has 1 aromatic heterocycles. The molecule has 0 radical (unpaired) electrons. The maximum atomic E-state index is 12.3. The second-order valence-electron chi connectivity index (χ2n) is 5.51. The fourth-order valence-corrected chi connectivity index (χ4v) is 2.16. The average Bonchev–Trinajstić information content (AvgIpc) is 2.85. The number of aldehydes is 1. The Morgan fingerprint density at radius 1 is 1.24 bits per heavy atom. The molecule has 2 aromatic rings. The zero-order valence-corrected chi connectivity index (χ0v) is 13.6. The van der Waals surface area contributed by atoms with Crippen molar-refractivity contribution in [1.82, 2.24) is 0 Å². The molecule has 1 heterocycles. The highest BCUT2D eigenvalue weighted by Gasteiger charge is 2.22. The van der Waals surface area contributed by atoms with E-state index in [-0.39, 0.29) is 5.76 Å². The number of ether oxygens (including phenoxy) is 1. The summed E-state index contributed by atoms with van der Waals surface area (Å²) in [6.07, 6.45) is 0.621. The second-order valence-corrected chi connectivity index (χ2v) is 6.43. The van der Waals surface area contributed by atoms with Crippen LogP contribution in [0, 0.1) is 0 Å². The summed E-state index contributed by atoms with van der Waals surface area (Å²) in [5.41, 5.74) is 0.375. The summed E-state index contributed by atoms with van der Waals surface area (Å²) in [6, 6.07) is 8.43. The van der Waals surface area contributed by atoms with Gasteiger partial charge in [0.2, 0.25) is 0 Å². The summed E-state index contributed by atoms with van der Waals surface area (Å²) < 4.78 is 11.6. The Bertz CT molecular complexity index is 680. The lowest BCUT2D eigenvalue weighted by Gasteiger charge is -2.20. The first-order chi connectivity index (χ1) is 9.80. The third-order valence-corrected chi connectivity index (χ3v) is 3.10. The molecule has 5 heteroatoms. The molecule has 2 rings (SSSR count). The number of hydrogen-bond acceptors (Lipinski definition) is 4. The Hall–Kier alpha value is -1.88. The van der Waals surface area contributed by atoms with Gasteiger partial charge < -0.3 is 9.15 Å². The van der Waals surface area contributed by atoms with Crippen LogP contribution < -0.4 is 0 Å². The Morgan fingerprint density at radius 3 is 2.52 bits per heavy atom. The molecule has 21 heavy (non-hydrogen) atoms. The molecule has 4 nitrogen and oxygen atoms in total. The third kappa shape index (κ3) is 3.82. The first-order valence-corrected chi connectivity index (χ1v) is 7.18. The minimum absolute atomic E-state index is 0.211. The van der Waals surface area contributed by atoms with Crippen molar-refractivity contribution in [2.75, 3.05) is 0 Å². The summed E-state index contributed by atoms with van der Waals surface area (Å²) in [5.74, 6) is 0.219. The van der Waals surface area contributed by atoms with Crippen molar-refractivity contribution in [3.05, 3.63) is 46.1 Å². The Morgan fingerprint density at radius 2 is 1.95 bits per heavy atom. The Labute approximate surface area is 131 Å². The summed E-state index contributed by atoms with van der Waals surface area (Å²) in [4.78, 5) is 23.0. The van der Waals surface area contributed by atoms with Crippen LogP contribution in [-0.2, 0) is 4.74 Å². The predicted molar refractivity (Wildman–Crippen MR) is 82.4 cm³/mol. The average molecular weight is 351 g/mol. The third-order valence-electron chi connectivity index (χ3n) is 2.61. The van der Waals surface area contributed by atoms with Gasteiger partial charge in [0.15, 0.2) is 12.0 Å². The number of benzene rings is 1. The van der Waals surface area contributed by atoms with Gasteiger partial charge in [-0.05, 0) is 51.1 Å². The van der Waals surface area contributed by atoms with Crippen molar-refractivity contribution < 1.29 is 18.7 Å². The quantitative estimate of drug-likeness (QED) is 0.604. The Balaban J connectivity index is 2.47. The van der Waals surface area contributed by atoms with Gasteiger partial charge in [0, 0.05) is 10.0 Å². The van der Waals surface area contributed by atoms with E-state index in [1.54, 1.807) is 51.1 Å². The summed E-state index contributed by atoms with van der Waals surface area (Å²) in [6.45, 7) is 5.42. The molecule has 0 bridgehead atoms. The predicted octanol–water partition coefficient (Wildman–Crippen LogP) is 4.48. The first kappa shape index (κ1) is 15.5. The maximum Gasteiger partial charge on any atom is 0.339 e. The van der Waals surface area contributed by atoms with Crippen LogP contribution in [0.4, 0.5) is 0 Å². The fourth-order valence-electron chi connectivity index (χ4n) is 1.79. The fraction of sp³-hybridized carbons (Fsp3) is 0.250. The maximum absolute atomic E-state index is 12.3. The lowest BCUT2D eigenvalue weighted by Crippen LogP contribution is -2.24. The highest BCUT2D eigenvalue weighted by Crippen LogP contribution is 2.29. The molecule has 0 atom stereocenters. The standard InChI is InChI=1S/C16H15BrO4/c1-16(2,3)21-15(19)13-8-10(17)4-6-12(13)14-7-5-11(9-18)20-14/h4-9H,1-3H3. The van der Waals surface area contributed by atoms with Crippen molar-refractivity contribution in [3.63, 3.8) is 0 Å². The van der Waals surface area contributed by atoms with Gasteiger partial charge in [-0.1, -0.05) is 15.9 Å². The smallest absolute Gasteiger partial charge is 0.339 e. The van der Waals surface area contributed by atoms with Crippen molar-refractivity contribution >= 4 is 28.2 Å². The van der Waals surface area contributed by atoms with Crippen LogP contribution >= 0.6 is 15.9 Å². The molecule has 0 aliphatic heterocycles. The van der Waals surface area contributed by atoms with Gasteiger partial charge in [-0.2, -0.15) is 0 Å². The highest BCUT2D eigenvalue weighted by molar-refractivity contribution is 9.10. The summed E-state index contributed by atoms with van der Waals surface area (Å²) >= 11 is 3.34. The molecule has 110 valence electrons. The summed E-state index contributed by atoms with van der Waals surface area (Å²) in [5, 5.41) is 0. The van der Waals surface area contributed by atoms with Gasteiger partial charge in [0.1, 0.15) is 11.4 Å². The van der Waals surface area contributed by atoms with Crippen LogP contribution in [0.3, 0.4) is 0 Å². The van der Waals surface area contributed by atoms with E-state index in [0.717, 1.165) is 4.47 Å². The van der Waals surface area contributed by atoms with Crippen molar-refractivity contribution in [3.8, 4) is 11.3 Å². The minimum atomic E-state index is -0.589. The molecule has 0 amide bonds. The monoisotopic (exact) mass is 350 g/mol. The second kappa shape index (κ2) is 5.85. The van der Waals surface area contributed by atoms with E-state index in [1.165, 1.54) is 0 Å². The zero-order chi connectivity index (χ0) is 15.6. The molecular weight excluding hydrogens is 336 g/mol. The van der Waals surface area contributed by atoms with E-state index in [0.29, 0.717) is 23.2 Å². The molecule has 1 aromatic carbocycles. The van der Waals surface area contributed by atoms with Gasteiger partial charge in [0.05, 0.1) is 5.56 Å². The van der Waals surface area contributed by atoms with Gasteiger partial charge in [-0.15, -0.1) is 0 Å². The molecule has 0 unspecified atom stereocenters. The lowest BCUT2D eigenvalue weighted by molar-refractivity contribution is 0.00701. The molecule has 0 aliphatic carbocycles. The van der Waals surface area contributed by atoms with Crippen LogP contribution in [0.5, 0.6) is 0 Å². The summed E-state index contributed by atoms with van der Waals surface area (Å²) in [7, 11) is 0. The molecular formula is C16H15BrO4. The van der Waals surface area contributed by atoms with E-state index in [4.69, 9.17) is 9.15 Å². The SMILES string of the molecule is CC(C)(C)OC(=O)c1cc(Br)ccc1-c1ccc(C=O)o1. The number of rotatable bonds is 3. The van der Waals surface area contributed by atoms with E-state index < -0.39 is 11.6 Å². The van der Waals surface area contributed by atoms with Crippen LogP contribution in [0.2, 0.25) is 0 Å². The van der Waals surface area contributed by atoms with E-state index >= 15 is 0 Å². The molecule has 0 fully saturated rings. The molecule has 0 saturated carbocycles. The van der Waals surface area contributed by atoms with Crippen LogP contribution in [0.25, 0.3) is 11.3 Å². The van der Waals surface area contributed by atoms with Gasteiger partial charge in [-0.25, -0.2) is 4.79 Å². The number of esters is 1. The van der Waals surface area contributed by atoms with Gasteiger partial charge >= 0.3 is 5.97 Å². The number of halogens is 1. The number of hydrogen-bond donors (Lipinski definition) is 0. The largest absolute Gasteiger partial charge is 0.456 e. The molecule has 0 saturated heterocycles. The minimum Gasteiger partial charge on any atom is -0.456 e. The highest BCUT2D eigenvalue weighted by atomic mass is 79.9. The topological polar surface area (TPSA) is 56.5 Å².